The Labute approximate surface area is 77.4 Å². The number of pyridine rings is 1. The van der Waals surface area contributed by atoms with Crippen LogP contribution in [0.3, 0.4) is 0 Å². The van der Waals surface area contributed by atoms with Crippen molar-refractivity contribution in [1.29, 1.82) is 0 Å². The highest BCUT2D eigenvalue weighted by molar-refractivity contribution is 6.73. The van der Waals surface area contributed by atoms with E-state index < -0.39 is 12.4 Å². The molecule has 1 aliphatic heterocycles. The predicted molar refractivity (Wildman–Crippen MR) is 45.3 cm³/mol. The lowest BCUT2D eigenvalue weighted by atomic mass is 9.81. The molecule has 0 spiro atoms. The Balaban J connectivity index is 2.43. The molecular formula is C7H5BF3N2O-. The minimum Gasteiger partial charge on any atom is -0.445 e. The number of fused-ring (bicyclic) bond motifs is 1. The number of halogens is 3. The zero-order valence-corrected chi connectivity index (χ0v) is 6.93. The number of anilines is 1. The molecule has 1 aliphatic rings. The predicted octanol–water partition coefficient (Wildman–Crippen LogP) is 0.631. The van der Waals surface area contributed by atoms with Gasteiger partial charge in [0, 0.05) is 11.8 Å². The van der Waals surface area contributed by atoms with Crippen LogP contribution in [-0.4, -0.2) is 17.9 Å². The van der Waals surface area contributed by atoms with E-state index in [1.54, 1.807) is 0 Å². The summed E-state index contributed by atoms with van der Waals surface area (Å²) in [7, 11) is 0. The molecule has 74 valence electrons. The Hall–Kier alpha value is -1.53. The number of hydrogen-bond donors (Lipinski definition) is 1. The molecule has 0 saturated heterocycles. The zero-order chi connectivity index (χ0) is 10.3. The summed E-state index contributed by atoms with van der Waals surface area (Å²) in [4.78, 5) is 14.4. The lowest BCUT2D eigenvalue weighted by Gasteiger charge is -2.14. The number of hydrogen-bond acceptors (Lipinski definition) is 2. The van der Waals surface area contributed by atoms with Crippen molar-refractivity contribution in [1.82, 2.24) is 4.98 Å². The first-order valence-electron chi connectivity index (χ1n) is 3.95. The highest BCUT2D eigenvalue weighted by atomic mass is 19.4. The summed E-state index contributed by atoms with van der Waals surface area (Å²) in [5, 5.41) is 2.37. The van der Waals surface area contributed by atoms with Gasteiger partial charge in [0.25, 0.3) is 0 Å². The van der Waals surface area contributed by atoms with Gasteiger partial charge in [0.15, 0.2) is 0 Å². The summed E-state index contributed by atoms with van der Waals surface area (Å²) in [6.45, 7) is -5.03. The maximum atomic E-state index is 12.3. The molecule has 0 aliphatic carbocycles. The van der Waals surface area contributed by atoms with Gasteiger partial charge in [-0.3, -0.25) is 4.79 Å². The number of carbonyl (C=O) groups is 1. The van der Waals surface area contributed by atoms with E-state index in [0.717, 1.165) is 12.3 Å². The van der Waals surface area contributed by atoms with Crippen LogP contribution in [-0.2, 0) is 11.2 Å². The number of carbonyl (C=O) groups excluding carboxylic acids is 1. The minimum atomic E-state index is -5.03. The van der Waals surface area contributed by atoms with E-state index in [2.05, 4.69) is 10.3 Å². The Kier molecular flexibility index (Phi) is 1.76. The second kappa shape index (κ2) is 2.73. The Bertz CT molecular complexity index is 404. The standard InChI is InChI=1S/C7H5BF3N2O/c9-8(10,11)5-1-4-2-6(14)13-7(4)12-3-5/h1,3H,2H2,(H,12,13,14)/q-1. The van der Waals surface area contributed by atoms with Crippen LogP contribution < -0.4 is 10.8 Å². The second-order valence-corrected chi connectivity index (χ2v) is 3.08. The van der Waals surface area contributed by atoms with Gasteiger partial charge in [-0.1, -0.05) is 11.5 Å². The number of amides is 1. The number of nitrogens with one attached hydrogen (secondary N) is 1. The molecule has 0 atom stereocenters. The van der Waals surface area contributed by atoms with Crippen LogP contribution in [0.15, 0.2) is 12.3 Å². The van der Waals surface area contributed by atoms with Gasteiger partial charge in [0.05, 0.1) is 6.42 Å². The first-order chi connectivity index (χ1) is 6.47. The van der Waals surface area contributed by atoms with Gasteiger partial charge >= 0.3 is 6.98 Å². The lowest BCUT2D eigenvalue weighted by Crippen LogP contribution is -2.34. The van der Waals surface area contributed by atoms with Crippen molar-refractivity contribution in [3.05, 3.63) is 17.8 Å². The van der Waals surface area contributed by atoms with Crippen molar-refractivity contribution in [3.8, 4) is 0 Å². The largest absolute Gasteiger partial charge is 0.511 e. The van der Waals surface area contributed by atoms with Crippen LogP contribution in [0.25, 0.3) is 0 Å². The van der Waals surface area contributed by atoms with Crippen molar-refractivity contribution in [2.24, 2.45) is 0 Å². The van der Waals surface area contributed by atoms with E-state index in [9.17, 15) is 17.7 Å². The maximum Gasteiger partial charge on any atom is 0.511 e. The third kappa shape index (κ3) is 1.45. The van der Waals surface area contributed by atoms with Crippen molar-refractivity contribution >= 4 is 24.2 Å². The number of aromatic nitrogens is 1. The molecule has 1 amide bonds. The second-order valence-electron chi connectivity index (χ2n) is 3.08. The fraction of sp³-hybridized carbons (Fsp3) is 0.143. The highest BCUT2D eigenvalue weighted by Crippen LogP contribution is 2.20. The summed E-state index contributed by atoms with van der Waals surface area (Å²) in [5.74, 6) is -0.0851. The number of nitrogens with zero attached hydrogens (tertiary/aromatic N) is 1. The van der Waals surface area contributed by atoms with Crippen LogP contribution in [0, 0.1) is 0 Å². The highest BCUT2D eigenvalue weighted by Gasteiger charge is 2.28. The average Bonchev–Trinajstić information content (AvgIpc) is 2.41. The molecule has 1 N–H and O–H groups in total. The molecule has 1 aromatic heterocycles. The van der Waals surface area contributed by atoms with Gasteiger partial charge < -0.3 is 18.3 Å². The number of rotatable bonds is 1. The van der Waals surface area contributed by atoms with Crippen molar-refractivity contribution in [2.45, 2.75) is 6.42 Å². The summed E-state index contributed by atoms with van der Waals surface area (Å²) in [6.07, 6.45) is 0.715. The Morgan fingerprint density at radius 1 is 1.43 bits per heavy atom. The van der Waals surface area contributed by atoms with Crippen LogP contribution in [0.5, 0.6) is 0 Å². The molecule has 0 fully saturated rings. The molecule has 0 bridgehead atoms. The maximum absolute atomic E-state index is 12.3. The smallest absolute Gasteiger partial charge is 0.445 e. The van der Waals surface area contributed by atoms with E-state index in [1.807, 2.05) is 0 Å². The lowest BCUT2D eigenvalue weighted by molar-refractivity contribution is -0.115. The molecule has 2 heterocycles. The first-order valence-corrected chi connectivity index (χ1v) is 3.95. The van der Waals surface area contributed by atoms with Crippen LogP contribution in [0.2, 0.25) is 0 Å². The summed E-state index contributed by atoms with van der Waals surface area (Å²) in [5.41, 5.74) is -0.452. The van der Waals surface area contributed by atoms with Gasteiger partial charge in [0.2, 0.25) is 5.91 Å². The molecule has 0 saturated carbocycles. The molecule has 3 nitrogen and oxygen atoms in total. The van der Waals surface area contributed by atoms with Gasteiger partial charge in [-0.05, 0) is 0 Å². The fourth-order valence-corrected chi connectivity index (χ4v) is 1.30. The molecular weight excluding hydrogens is 196 g/mol. The molecule has 14 heavy (non-hydrogen) atoms. The molecule has 1 aromatic rings. The van der Waals surface area contributed by atoms with E-state index in [-0.39, 0.29) is 18.1 Å². The molecule has 0 radical (unpaired) electrons. The van der Waals surface area contributed by atoms with Crippen molar-refractivity contribution in [2.75, 3.05) is 5.32 Å². The van der Waals surface area contributed by atoms with Crippen LogP contribution in [0.4, 0.5) is 18.8 Å². The van der Waals surface area contributed by atoms with Crippen molar-refractivity contribution in [3.63, 3.8) is 0 Å². The molecule has 0 unspecified atom stereocenters. The third-order valence-corrected chi connectivity index (χ3v) is 1.97. The van der Waals surface area contributed by atoms with E-state index in [1.165, 1.54) is 0 Å². The topological polar surface area (TPSA) is 42.0 Å². The molecule has 2 rings (SSSR count). The monoisotopic (exact) mass is 201 g/mol. The molecule has 0 aromatic carbocycles. The quantitative estimate of drug-likeness (QED) is 0.677. The minimum absolute atomic E-state index is 0.0255. The zero-order valence-electron chi connectivity index (χ0n) is 6.93. The summed E-state index contributed by atoms with van der Waals surface area (Å²) < 4.78 is 36.8. The molecule has 7 heteroatoms. The average molecular weight is 201 g/mol. The Morgan fingerprint density at radius 3 is 2.79 bits per heavy atom. The van der Waals surface area contributed by atoms with Crippen LogP contribution in [0.1, 0.15) is 5.56 Å². The first kappa shape index (κ1) is 9.05. The van der Waals surface area contributed by atoms with Crippen LogP contribution >= 0.6 is 0 Å². The summed E-state index contributed by atoms with van der Waals surface area (Å²) >= 11 is 0. The van der Waals surface area contributed by atoms with Gasteiger partial charge in [-0.2, -0.15) is 0 Å². The SMILES string of the molecule is O=C1Cc2cc([B-](F)(F)F)cnc2N1. The van der Waals surface area contributed by atoms with Gasteiger partial charge in [-0.25, -0.2) is 4.98 Å². The fourth-order valence-electron chi connectivity index (χ4n) is 1.30. The van der Waals surface area contributed by atoms with E-state index >= 15 is 0 Å². The van der Waals surface area contributed by atoms with Crippen molar-refractivity contribution < 1.29 is 17.7 Å². The third-order valence-electron chi connectivity index (χ3n) is 1.97. The van der Waals surface area contributed by atoms with E-state index in [4.69, 9.17) is 0 Å². The van der Waals surface area contributed by atoms with Gasteiger partial charge in [0.1, 0.15) is 5.82 Å². The van der Waals surface area contributed by atoms with E-state index in [0.29, 0.717) is 5.56 Å². The summed E-state index contributed by atoms with van der Waals surface area (Å²) in [6, 6.07) is 0.972. The Morgan fingerprint density at radius 2 is 2.14 bits per heavy atom. The van der Waals surface area contributed by atoms with Gasteiger partial charge in [-0.15, -0.1) is 0 Å². The normalized spacial score (nSPS) is 15.2.